The lowest BCUT2D eigenvalue weighted by Gasteiger charge is -2.13. The molecule has 0 aromatic heterocycles. The van der Waals surface area contributed by atoms with E-state index < -0.39 is 29.2 Å². The van der Waals surface area contributed by atoms with Crippen LogP contribution in [0.25, 0.3) is 0 Å². The van der Waals surface area contributed by atoms with Crippen molar-refractivity contribution in [1.29, 1.82) is 0 Å². The molecule has 2 aliphatic heterocycles. The highest BCUT2D eigenvalue weighted by Gasteiger charge is 2.37. The van der Waals surface area contributed by atoms with Gasteiger partial charge >= 0.3 is 0 Å². The zero-order chi connectivity index (χ0) is 19.8. The predicted octanol–water partition coefficient (Wildman–Crippen LogP) is 1.24. The van der Waals surface area contributed by atoms with Crippen molar-refractivity contribution >= 4 is 23.4 Å². The Bertz CT molecular complexity index is 1030. The summed E-state index contributed by atoms with van der Waals surface area (Å²) in [6.45, 7) is -0.169. The minimum atomic E-state index is -0.734. The lowest BCUT2D eigenvalue weighted by atomic mass is 10.1. The van der Waals surface area contributed by atoms with Crippen LogP contribution in [0.15, 0.2) is 36.4 Å². The molecule has 3 amide bonds. The third kappa shape index (κ3) is 3.00. The molecule has 0 saturated heterocycles. The lowest BCUT2D eigenvalue weighted by Crippen LogP contribution is -2.40. The average Bonchev–Trinajstić information content (AvgIpc) is 3.24. The quantitative estimate of drug-likeness (QED) is 0.467. The molecule has 0 aliphatic carbocycles. The zero-order valence-corrected chi connectivity index (χ0v) is 14.3. The van der Waals surface area contributed by atoms with E-state index >= 15 is 0 Å². The third-order valence-electron chi connectivity index (χ3n) is 4.39. The summed E-state index contributed by atoms with van der Waals surface area (Å²) in [5, 5.41) is 13.5. The maximum absolute atomic E-state index is 12.4. The molecule has 0 spiro atoms. The summed E-state index contributed by atoms with van der Waals surface area (Å²) >= 11 is 0. The number of carbonyl (C=O) groups excluding carboxylic acids is 3. The highest BCUT2D eigenvalue weighted by molar-refractivity contribution is 6.22. The number of hydrogen-bond donors (Lipinski definition) is 1. The second-order valence-corrected chi connectivity index (χ2v) is 6.15. The molecule has 10 nitrogen and oxygen atoms in total. The van der Waals surface area contributed by atoms with Gasteiger partial charge in [0, 0.05) is 18.7 Å². The van der Waals surface area contributed by atoms with Crippen LogP contribution in [0, 0.1) is 10.1 Å². The van der Waals surface area contributed by atoms with Crippen molar-refractivity contribution in [3.63, 3.8) is 0 Å². The number of rotatable bonds is 5. The van der Waals surface area contributed by atoms with Crippen LogP contribution in [0.3, 0.4) is 0 Å². The van der Waals surface area contributed by atoms with Crippen molar-refractivity contribution in [2.45, 2.75) is 6.54 Å². The minimum absolute atomic E-state index is 0.0409. The minimum Gasteiger partial charge on any atom is -0.454 e. The number of nitro benzene ring substituents is 1. The van der Waals surface area contributed by atoms with Gasteiger partial charge in [-0.1, -0.05) is 6.07 Å². The molecule has 0 radical (unpaired) electrons. The molecule has 0 fully saturated rings. The second kappa shape index (κ2) is 6.65. The summed E-state index contributed by atoms with van der Waals surface area (Å²) in [4.78, 5) is 47.9. The number of carbonyl (C=O) groups is 3. The first-order valence-corrected chi connectivity index (χ1v) is 8.24. The molecule has 28 heavy (non-hydrogen) atoms. The normalized spacial score (nSPS) is 14.2. The van der Waals surface area contributed by atoms with Gasteiger partial charge in [0.25, 0.3) is 17.5 Å². The standard InChI is InChI=1S/C18H13N3O7/c22-16(19-7-10-1-4-14-15(5-10)28-9-27-14)8-20-17(23)12-3-2-11(21(25)26)6-13(12)18(20)24/h1-6H,7-9H2,(H,19,22). The van der Waals surface area contributed by atoms with Crippen LogP contribution in [0.4, 0.5) is 5.69 Å². The summed E-state index contributed by atoms with van der Waals surface area (Å²) in [5.41, 5.74) is 0.423. The van der Waals surface area contributed by atoms with Gasteiger partial charge in [-0.05, 0) is 23.8 Å². The fourth-order valence-electron chi connectivity index (χ4n) is 2.99. The van der Waals surface area contributed by atoms with Crippen molar-refractivity contribution in [3.8, 4) is 11.5 Å². The van der Waals surface area contributed by atoms with Crippen LogP contribution in [0.5, 0.6) is 11.5 Å². The average molecular weight is 383 g/mol. The fraction of sp³-hybridized carbons (Fsp3) is 0.167. The maximum Gasteiger partial charge on any atom is 0.270 e. The summed E-state index contributed by atoms with van der Waals surface area (Å²) in [6, 6.07) is 8.62. The van der Waals surface area contributed by atoms with Gasteiger partial charge in [-0.3, -0.25) is 29.4 Å². The Morgan fingerprint density at radius 3 is 2.61 bits per heavy atom. The second-order valence-electron chi connectivity index (χ2n) is 6.15. The maximum atomic E-state index is 12.4. The van der Waals surface area contributed by atoms with Crippen LogP contribution < -0.4 is 14.8 Å². The van der Waals surface area contributed by atoms with Crippen molar-refractivity contribution < 1.29 is 28.8 Å². The number of ether oxygens (including phenoxy) is 2. The van der Waals surface area contributed by atoms with Gasteiger partial charge in [0.1, 0.15) is 6.54 Å². The first-order valence-electron chi connectivity index (χ1n) is 8.24. The van der Waals surface area contributed by atoms with E-state index in [9.17, 15) is 24.5 Å². The Morgan fingerprint density at radius 1 is 1.07 bits per heavy atom. The summed E-state index contributed by atoms with van der Waals surface area (Å²) in [5.74, 6) is -0.736. The molecule has 10 heteroatoms. The van der Waals surface area contributed by atoms with E-state index in [1.165, 1.54) is 6.07 Å². The number of fused-ring (bicyclic) bond motifs is 2. The van der Waals surface area contributed by atoms with Gasteiger partial charge in [0.05, 0.1) is 16.1 Å². The lowest BCUT2D eigenvalue weighted by molar-refractivity contribution is -0.384. The SMILES string of the molecule is O=C(CN1C(=O)c2ccc([N+](=O)[O-])cc2C1=O)NCc1ccc2c(c1)OCO2. The topological polar surface area (TPSA) is 128 Å². The van der Waals surface area contributed by atoms with E-state index in [4.69, 9.17) is 9.47 Å². The largest absolute Gasteiger partial charge is 0.454 e. The Morgan fingerprint density at radius 2 is 1.82 bits per heavy atom. The van der Waals surface area contributed by atoms with Gasteiger partial charge in [-0.25, -0.2) is 0 Å². The van der Waals surface area contributed by atoms with Gasteiger partial charge in [-0.15, -0.1) is 0 Å². The number of nitrogens with one attached hydrogen (secondary N) is 1. The van der Waals surface area contributed by atoms with Crippen LogP contribution in [-0.2, 0) is 11.3 Å². The molecule has 2 aliphatic rings. The molecule has 0 saturated carbocycles. The number of imide groups is 1. The first kappa shape index (κ1) is 17.5. The van der Waals surface area contributed by atoms with E-state index in [0.717, 1.165) is 22.6 Å². The summed E-state index contributed by atoms with van der Waals surface area (Å²) in [6.07, 6.45) is 0. The number of hydrogen-bond acceptors (Lipinski definition) is 7. The number of non-ortho nitro benzene ring substituents is 1. The monoisotopic (exact) mass is 383 g/mol. The van der Waals surface area contributed by atoms with Crippen molar-refractivity contribution in [3.05, 3.63) is 63.2 Å². The van der Waals surface area contributed by atoms with Gasteiger partial charge in [-0.2, -0.15) is 0 Å². The Hall–Kier alpha value is -3.95. The van der Waals surface area contributed by atoms with Crippen LogP contribution in [0.1, 0.15) is 26.3 Å². The first-order chi connectivity index (χ1) is 13.4. The number of benzene rings is 2. The highest BCUT2D eigenvalue weighted by Crippen LogP contribution is 2.32. The molecular formula is C18H13N3O7. The summed E-state index contributed by atoms with van der Waals surface area (Å²) < 4.78 is 10.5. The van der Waals surface area contributed by atoms with Crippen LogP contribution >= 0.6 is 0 Å². The smallest absolute Gasteiger partial charge is 0.270 e. The van der Waals surface area contributed by atoms with Gasteiger partial charge in [0.15, 0.2) is 11.5 Å². The number of amides is 3. The van der Waals surface area contributed by atoms with Gasteiger partial charge in [0.2, 0.25) is 12.7 Å². The highest BCUT2D eigenvalue weighted by atomic mass is 16.7. The predicted molar refractivity (Wildman–Crippen MR) is 92.9 cm³/mol. The summed E-state index contributed by atoms with van der Waals surface area (Å²) in [7, 11) is 0. The molecule has 0 atom stereocenters. The van der Waals surface area contributed by atoms with E-state index in [1.54, 1.807) is 18.2 Å². The molecule has 2 aromatic carbocycles. The Balaban J connectivity index is 1.41. The number of nitro groups is 1. The number of nitrogens with zero attached hydrogens (tertiary/aromatic N) is 2. The van der Waals surface area contributed by atoms with E-state index in [1.807, 2.05) is 0 Å². The molecule has 0 bridgehead atoms. The van der Waals surface area contributed by atoms with Crippen LogP contribution in [0.2, 0.25) is 0 Å². The fourth-order valence-corrected chi connectivity index (χ4v) is 2.99. The van der Waals surface area contributed by atoms with E-state index in [0.29, 0.717) is 11.5 Å². The molecule has 142 valence electrons. The molecular weight excluding hydrogens is 370 g/mol. The molecule has 0 unspecified atom stereocenters. The van der Waals surface area contributed by atoms with Crippen molar-refractivity contribution in [2.75, 3.05) is 13.3 Å². The molecule has 2 aromatic rings. The van der Waals surface area contributed by atoms with E-state index in [-0.39, 0.29) is 30.2 Å². The van der Waals surface area contributed by atoms with Crippen molar-refractivity contribution in [1.82, 2.24) is 10.2 Å². The van der Waals surface area contributed by atoms with Crippen LogP contribution in [-0.4, -0.2) is 40.9 Å². The molecule has 2 heterocycles. The van der Waals surface area contributed by atoms with Gasteiger partial charge < -0.3 is 14.8 Å². The molecule has 4 rings (SSSR count). The zero-order valence-electron chi connectivity index (χ0n) is 14.3. The Labute approximate surface area is 157 Å². The molecule has 1 N–H and O–H groups in total. The Kier molecular flexibility index (Phi) is 4.15. The third-order valence-corrected chi connectivity index (χ3v) is 4.39. The van der Waals surface area contributed by atoms with E-state index in [2.05, 4.69) is 5.32 Å². The van der Waals surface area contributed by atoms with Crippen molar-refractivity contribution in [2.24, 2.45) is 0 Å².